The number of nitrogens with zero attached hydrogens (tertiary/aromatic N) is 1. The van der Waals surface area contributed by atoms with Gasteiger partial charge in [0.25, 0.3) is 0 Å². The predicted octanol–water partition coefficient (Wildman–Crippen LogP) is 3.40. The fraction of sp³-hybridized carbons (Fsp3) is 0.556. The maximum Gasteiger partial charge on any atom is 0.319 e. The normalized spacial score (nSPS) is 21.3. The molecule has 2 fully saturated rings. The van der Waals surface area contributed by atoms with Crippen molar-refractivity contribution in [2.45, 2.75) is 50.7 Å². The van der Waals surface area contributed by atoms with E-state index < -0.39 is 12.1 Å². The van der Waals surface area contributed by atoms with Crippen LogP contribution < -0.4 is 15.4 Å². The number of carbonyl (C=O) groups is 2. The summed E-state index contributed by atoms with van der Waals surface area (Å²) >= 11 is 6.06. The van der Waals surface area contributed by atoms with Crippen molar-refractivity contribution >= 4 is 29.2 Å². The Morgan fingerprint density at radius 1 is 1.24 bits per heavy atom. The van der Waals surface area contributed by atoms with Crippen LogP contribution >= 0.6 is 11.6 Å². The molecule has 1 saturated heterocycles. The van der Waals surface area contributed by atoms with Crippen LogP contribution in [-0.4, -0.2) is 42.6 Å². The topological polar surface area (TPSA) is 70.7 Å². The van der Waals surface area contributed by atoms with E-state index >= 15 is 0 Å². The van der Waals surface area contributed by atoms with Crippen LogP contribution in [0.25, 0.3) is 0 Å². The zero-order valence-electron chi connectivity index (χ0n) is 14.4. The highest BCUT2D eigenvalue weighted by molar-refractivity contribution is 6.31. The summed E-state index contributed by atoms with van der Waals surface area (Å²) in [6.07, 6.45) is 6.09. The Hall–Kier alpha value is -1.95. The van der Waals surface area contributed by atoms with E-state index in [1.165, 1.54) is 12.8 Å². The quantitative estimate of drug-likeness (QED) is 0.859. The number of hydrogen-bond donors (Lipinski definition) is 2. The second-order valence-electron chi connectivity index (χ2n) is 6.72. The zero-order valence-corrected chi connectivity index (χ0v) is 15.1. The minimum atomic E-state index is -0.489. The van der Waals surface area contributed by atoms with E-state index in [2.05, 4.69) is 10.6 Å². The molecule has 1 aromatic carbocycles. The molecule has 1 saturated carbocycles. The zero-order chi connectivity index (χ0) is 17.8. The van der Waals surface area contributed by atoms with Gasteiger partial charge in [-0.2, -0.15) is 0 Å². The van der Waals surface area contributed by atoms with Crippen molar-refractivity contribution in [3.8, 4) is 5.75 Å². The first-order valence-corrected chi connectivity index (χ1v) is 9.19. The van der Waals surface area contributed by atoms with Crippen molar-refractivity contribution in [1.82, 2.24) is 10.2 Å². The highest BCUT2D eigenvalue weighted by Crippen LogP contribution is 2.32. The first-order valence-electron chi connectivity index (χ1n) is 8.81. The fourth-order valence-electron chi connectivity index (χ4n) is 3.37. The number of halogens is 1. The van der Waals surface area contributed by atoms with Gasteiger partial charge in [-0.05, 0) is 56.7 Å². The van der Waals surface area contributed by atoms with Gasteiger partial charge in [0.2, 0.25) is 5.91 Å². The Morgan fingerprint density at radius 3 is 2.76 bits per heavy atom. The summed E-state index contributed by atoms with van der Waals surface area (Å²) in [6.45, 7) is 0.728. The van der Waals surface area contributed by atoms with Crippen molar-refractivity contribution < 1.29 is 14.3 Å². The van der Waals surface area contributed by atoms with E-state index in [0.29, 0.717) is 22.9 Å². The first-order chi connectivity index (χ1) is 12.0. The number of amides is 3. The Balaban J connectivity index is 1.65. The molecule has 1 aromatic rings. The lowest BCUT2D eigenvalue weighted by Gasteiger charge is -2.29. The highest BCUT2D eigenvalue weighted by Gasteiger charge is 2.28. The third kappa shape index (κ3) is 4.57. The molecule has 3 rings (SSSR count). The first kappa shape index (κ1) is 17.9. The average Bonchev–Trinajstić information content (AvgIpc) is 3.07. The van der Waals surface area contributed by atoms with Gasteiger partial charge < -0.3 is 20.3 Å². The van der Waals surface area contributed by atoms with Crippen molar-refractivity contribution in [1.29, 1.82) is 0 Å². The number of hydrogen-bond acceptors (Lipinski definition) is 3. The lowest BCUT2D eigenvalue weighted by molar-refractivity contribution is -0.134. The maximum atomic E-state index is 12.3. The molecule has 7 heteroatoms. The van der Waals surface area contributed by atoms with E-state index in [9.17, 15) is 9.59 Å². The molecule has 1 unspecified atom stereocenters. The minimum Gasteiger partial charge on any atom is -0.488 e. The molecule has 1 aliphatic heterocycles. The van der Waals surface area contributed by atoms with Crippen LogP contribution in [0.3, 0.4) is 0 Å². The smallest absolute Gasteiger partial charge is 0.319 e. The van der Waals surface area contributed by atoms with Gasteiger partial charge >= 0.3 is 6.03 Å². The van der Waals surface area contributed by atoms with Gasteiger partial charge in [0.05, 0.1) is 11.8 Å². The van der Waals surface area contributed by atoms with Crippen LogP contribution in [0, 0.1) is 0 Å². The maximum absolute atomic E-state index is 12.3. The molecular weight excluding hydrogens is 342 g/mol. The number of likely N-dealkylation sites (tertiary alicyclic amines) is 1. The van der Waals surface area contributed by atoms with Crippen molar-refractivity contribution in [2.75, 3.05) is 18.9 Å². The van der Waals surface area contributed by atoms with Gasteiger partial charge in [-0.25, -0.2) is 4.79 Å². The van der Waals surface area contributed by atoms with Crippen LogP contribution in [0.5, 0.6) is 5.75 Å². The van der Waals surface area contributed by atoms with E-state index in [0.717, 1.165) is 25.8 Å². The van der Waals surface area contributed by atoms with Gasteiger partial charge in [-0.1, -0.05) is 11.6 Å². The summed E-state index contributed by atoms with van der Waals surface area (Å²) in [7, 11) is 1.75. The molecule has 0 radical (unpaired) electrons. The number of urea groups is 1. The molecule has 25 heavy (non-hydrogen) atoms. The minimum absolute atomic E-state index is 0.0603. The third-order valence-corrected chi connectivity index (χ3v) is 4.99. The number of likely N-dealkylation sites (N-methyl/N-ethyl adjacent to an activating group) is 1. The van der Waals surface area contributed by atoms with Gasteiger partial charge in [-0.15, -0.1) is 0 Å². The second-order valence-corrected chi connectivity index (χ2v) is 7.15. The van der Waals surface area contributed by atoms with Crippen molar-refractivity contribution in [3.05, 3.63) is 23.2 Å². The van der Waals surface area contributed by atoms with Gasteiger partial charge in [0.15, 0.2) is 0 Å². The SMILES string of the molecule is CN1CCCC(NC(=O)Nc2cc(Cl)ccc2OC2CCCC2)C1=O. The molecule has 136 valence electrons. The molecule has 0 bridgehead atoms. The van der Waals surface area contributed by atoms with E-state index in [1.807, 2.05) is 0 Å². The average molecular weight is 366 g/mol. The predicted molar refractivity (Wildman–Crippen MR) is 97.1 cm³/mol. The summed E-state index contributed by atoms with van der Waals surface area (Å²) in [5, 5.41) is 6.04. The van der Waals surface area contributed by atoms with Gasteiger partial charge in [0, 0.05) is 18.6 Å². The second kappa shape index (κ2) is 7.95. The summed E-state index contributed by atoms with van der Waals surface area (Å²) in [6, 6.07) is 4.27. The number of anilines is 1. The lowest BCUT2D eigenvalue weighted by atomic mass is 10.1. The standard InChI is InChI=1S/C18H24ClN3O3/c1-22-10-4-7-14(17(22)23)20-18(24)21-15-11-12(19)8-9-16(15)25-13-5-2-3-6-13/h8-9,11,13-14H,2-7,10H2,1H3,(H2,20,21,24). The third-order valence-electron chi connectivity index (χ3n) is 4.75. The molecule has 0 aromatic heterocycles. The lowest BCUT2D eigenvalue weighted by Crippen LogP contribution is -2.51. The molecular formula is C18H24ClN3O3. The van der Waals surface area contributed by atoms with Gasteiger partial charge in [-0.3, -0.25) is 4.79 Å². The number of carbonyl (C=O) groups excluding carboxylic acids is 2. The van der Waals surface area contributed by atoms with Crippen LogP contribution in [-0.2, 0) is 4.79 Å². The van der Waals surface area contributed by atoms with E-state index in [4.69, 9.17) is 16.3 Å². The summed E-state index contributed by atoms with van der Waals surface area (Å²) in [5.41, 5.74) is 0.522. The van der Waals surface area contributed by atoms with Gasteiger partial charge in [0.1, 0.15) is 11.8 Å². The highest BCUT2D eigenvalue weighted by atomic mass is 35.5. The largest absolute Gasteiger partial charge is 0.488 e. The summed E-state index contributed by atoms with van der Waals surface area (Å²) in [5.74, 6) is 0.550. The van der Waals surface area contributed by atoms with Crippen LogP contribution in [0.15, 0.2) is 18.2 Å². The Morgan fingerprint density at radius 2 is 2.00 bits per heavy atom. The Labute approximate surface area is 152 Å². The number of benzene rings is 1. The van der Waals surface area contributed by atoms with E-state index in [1.54, 1.807) is 30.1 Å². The molecule has 2 N–H and O–H groups in total. The van der Waals surface area contributed by atoms with E-state index in [-0.39, 0.29) is 12.0 Å². The number of ether oxygens (including phenoxy) is 1. The molecule has 1 aliphatic carbocycles. The number of piperidine rings is 1. The molecule has 6 nitrogen and oxygen atoms in total. The van der Waals surface area contributed by atoms with Crippen molar-refractivity contribution in [3.63, 3.8) is 0 Å². The molecule has 1 atom stereocenters. The van der Waals surface area contributed by atoms with Crippen LogP contribution in [0.1, 0.15) is 38.5 Å². The number of nitrogens with one attached hydrogen (secondary N) is 2. The van der Waals surface area contributed by atoms with Crippen LogP contribution in [0.2, 0.25) is 5.02 Å². The summed E-state index contributed by atoms with van der Waals surface area (Å²) in [4.78, 5) is 26.1. The van der Waals surface area contributed by atoms with Crippen LogP contribution in [0.4, 0.5) is 10.5 Å². The molecule has 1 heterocycles. The summed E-state index contributed by atoms with van der Waals surface area (Å²) < 4.78 is 6.01. The molecule has 0 spiro atoms. The molecule has 2 aliphatic rings. The number of rotatable bonds is 4. The Kier molecular flexibility index (Phi) is 5.68. The fourth-order valence-corrected chi connectivity index (χ4v) is 3.54. The van der Waals surface area contributed by atoms with Crippen molar-refractivity contribution in [2.24, 2.45) is 0 Å². The Bertz CT molecular complexity index is 646. The molecule has 3 amide bonds. The monoisotopic (exact) mass is 365 g/mol.